The maximum absolute atomic E-state index is 12.4. The van der Waals surface area contributed by atoms with Gasteiger partial charge in [-0.2, -0.15) is 0 Å². The predicted molar refractivity (Wildman–Crippen MR) is 109 cm³/mol. The summed E-state index contributed by atoms with van der Waals surface area (Å²) in [5.74, 6) is -0.799. The predicted octanol–water partition coefficient (Wildman–Crippen LogP) is 3.24. The Morgan fingerprint density at radius 1 is 1.17 bits per heavy atom. The van der Waals surface area contributed by atoms with Gasteiger partial charge in [-0.3, -0.25) is 4.79 Å². The number of hydrogen-bond donors (Lipinski definition) is 3. The molecule has 0 spiro atoms. The Labute approximate surface area is 169 Å². The Balaban J connectivity index is 1.63. The van der Waals surface area contributed by atoms with E-state index < -0.39 is 5.97 Å². The number of aromatic nitrogens is 1. The van der Waals surface area contributed by atoms with Crippen LogP contribution in [0.25, 0.3) is 11.1 Å². The first-order valence-corrected chi connectivity index (χ1v) is 10.0. The molecule has 152 valence electrons. The topological polar surface area (TPSA) is 101 Å². The van der Waals surface area contributed by atoms with Crippen LogP contribution in [0.1, 0.15) is 52.0 Å². The van der Waals surface area contributed by atoms with Crippen molar-refractivity contribution in [3.63, 3.8) is 0 Å². The lowest BCUT2D eigenvalue weighted by molar-refractivity contribution is 0.0695. The number of anilines is 1. The molecular weight excluding hydrogens is 370 g/mol. The molecule has 1 unspecified atom stereocenters. The van der Waals surface area contributed by atoms with Crippen molar-refractivity contribution in [2.45, 2.75) is 44.7 Å². The third-order valence-electron chi connectivity index (χ3n) is 5.34. The largest absolute Gasteiger partial charge is 0.478 e. The summed E-state index contributed by atoms with van der Waals surface area (Å²) in [4.78, 5) is 28.7. The van der Waals surface area contributed by atoms with Gasteiger partial charge in [-0.15, -0.1) is 0 Å². The molecule has 1 amide bonds. The van der Waals surface area contributed by atoms with E-state index in [0.717, 1.165) is 43.4 Å². The van der Waals surface area contributed by atoms with Crippen molar-refractivity contribution in [2.24, 2.45) is 0 Å². The van der Waals surface area contributed by atoms with Crippen LogP contribution < -0.4 is 10.6 Å². The second-order valence-corrected chi connectivity index (χ2v) is 7.76. The van der Waals surface area contributed by atoms with Crippen LogP contribution in [0.2, 0.25) is 0 Å². The van der Waals surface area contributed by atoms with Crippen LogP contribution in [0.4, 0.5) is 5.82 Å². The zero-order chi connectivity index (χ0) is 20.4. The van der Waals surface area contributed by atoms with E-state index in [-0.39, 0.29) is 23.6 Å². The fourth-order valence-corrected chi connectivity index (χ4v) is 3.51. The van der Waals surface area contributed by atoms with Gasteiger partial charge in [0.15, 0.2) is 0 Å². The molecule has 7 nitrogen and oxygen atoms in total. The maximum Gasteiger partial charge on any atom is 0.339 e. The Morgan fingerprint density at radius 3 is 2.69 bits per heavy atom. The number of carbonyl (C=O) groups excluding carboxylic acids is 1. The van der Waals surface area contributed by atoms with E-state index in [0.29, 0.717) is 23.6 Å². The van der Waals surface area contributed by atoms with Gasteiger partial charge in [-0.1, -0.05) is 6.07 Å². The molecule has 0 bridgehead atoms. The van der Waals surface area contributed by atoms with Gasteiger partial charge in [0.2, 0.25) is 0 Å². The molecule has 0 radical (unpaired) electrons. The number of aryl methyl sites for hydroxylation is 1. The van der Waals surface area contributed by atoms with Crippen molar-refractivity contribution in [2.75, 3.05) is 18.5 Å². The molecule has 1 aliphatic carbocycles. The zero-order valence-corrected chi connectivity index (χ0v) is 16.4. The van der Waals surface area contributed by atoms with Crippen molar-refractivity contribution in [3.8, 4) is 11.1 Å². The van der Waals surface area contributed by atoms with Gasteiger partial charge in [-0.25, -0.2) is 9.78 Å². The molecule has 2 aromatic rings. The minimum atomic E-state index is -1.04. The highest BCUT2D eigenvalue weighted by atomic mass is 16.5. The van der Waals surface area contributed by atoms with Gasteiger partial charge in [0.1, 0.15) is 11.4 Å². The SMILES string of the molecule is Cc1ccc(C(=O)NC2CC2)cc1-c1cnc(NC2CCCOC2)c(C(=O)O)c1. The molecule has 2 fully saturated rings. The number of pyridine rings is 1. The molecule has 7 heteroatoms. The molecular formula is C22H25N3O4. The van der Waals surface area contributed by atoms with Crippen LogP contribution in [-0.4, -0.2) is 47.3 Å². The summed E-state index contributed by atoms with van der Waals surface area (Å²) >= 11 is 0. The summed E-state index contributed by atoms with van der Waals surface area (Å²) in [6.07, 6.45) is 5.56. The van der Waals surface area contributed by atoms with E-state index in [1.165, 1.54) is 0 Å². The molecule has 1 aliphatic heterocycles. The van der Waals surface area contributed by atoms with E-state index in [1.807, 2.05) is 13.0 Å². The number of ether oxygens (including phenoxy) is 1. The number of aromatic carboxylic acids is 1. The highest BCUT2D eigenvalue weighted by Gasteiger charge is 2.24. The molecule has 1 aromatic heterocycles. The minimum Gasteiger partial charge on any atom is -0.478 e. The Hall–Kier alpha value is -2.93. The van der Waals surface area contributed by atoms with Gasteiger partial charge in [-0.05, 0) is 61.9 Å². The Bertz CT molecular complexity index is 934. The first-order valence-electron chi connectivity index (χ1n) is 10.0. The van der Waals surface area contributed by atoms with E-state index in [1.54, 1.807) is 24.4 Å². The average Bonchev–Trinajstić information content (AvgIpc) is 3.53. The van der Waals surface area contributed by atoms with Crippen LogP contribution in [0.5, 0.6) is 0 Å². The Kier molecular flexibility index (Phi) is 5.49. The van der Waals surface area contributed by atoms with E-state index in [9.17, 15) is 14.7 Å². The monoisotopic (exact) mass is 395 g/mol. The quantitative estimate of drug-likeness (QED) is 0.694. The molecule has 29 heavy (non-hydrogen) atoms. The smallest absolute Gasteiger partial charge is 0.339 e. The lowest BCUT2D eigenvalue weighted by Crippen LogP contribution is -2.31. The number of benzene rings is 1. The minimum absolute atomic E-state index is 0.0522. The molecule has 3 N–H and O–H groups in total. The molecule has 4 rings (SSSR count). The first kappa shape index (κ1) is 19.4. The Morgan fingerprint density at radius 2 is 2.00 bits per heavy atom. The van der Waals surface area contributed by atoms with Gasteiger partial charge in [0.05, 0.1) is 12.6 Å². The summed E-state index contributed by atoms with van der Waals surface area (Å²) in [6.45, 7) is 3.21. The van der Waals surface area contributed by atoms with Crippen molar-refractivity contribution < 1.29 is 19.4 Å². The zero-order valence-electron chi connectivity index (χ0n) is 16.4. The number of nitrogens with zero attached hydrogens (tertiary/aromatic N) is 1. The van der Waals surface area contributed by atoms with Crippen molar-refractivity contribution in [3.05, 3.63) is 47.2 Å². The van der Waals surface area contributed by atoms with Crippen LogP contribution in [-0.2, 0) is 4.74 Å². The van der Waals surface area contributed by atoms with Gasteiger partial charge in [0, 0.05) is 30.0 Å². The molecule has 1 saturated heterocycles. The van der Waals surface area contributed by atoms with E-state index in [4.69, 9.17) is 4.74 Å². The van der Waals surface area contributed by atoms with Crippen LogP contribution in [0.3, 0.4) is 0 Å². The molecule has 2 aliphatic rings. The number of carbonyl (C=O) groups is 2. The summed E-state index contributed by atoms with van der Waals surface area (Å²) < 4.78 is 5.46. The molecule has 2 heterocycles. The maximum atomic E-state index is 12.4. The summed E-state index contributed by atoms with van der Waals surface area (Å²) in [6, 6.07) is 7.42. The highest BCUT2D eigenvalue weighted by Crippen LogP contribution is 2.28. The van der Waals surface area contributed by atoms with Gasteiger partial charge in [0.25, 0.3) is 5.91 Å². The summed E-state index contributed by atoms with van der Waals surface area (Å²) in [5.41, 5.74) is 3.10. The highest BCUT2D eigenvalue weighted by molar-refractivity contribution is 5.97. The van der Waals surface area contributed by atoms with Crippen molar-refractivity contribution >= 4 is 17.7 Å². The summed E-state index contributed by atoms with van der Waals surface area (Å²) in [5, 5.41) is 15.9. The normalized spacial score (nSPS) is 18.9. The van der Waals surface area contributed by atoms with Crippen molar-refractivity contribution in [1.82, 2.24) is 10.3 Å². The molecule has 1 atom stereocenters. The standard InChI is InChI=1S/C22H25N3O4/c1-13-4-5-14(21(26)25-16-6-7-16)9-18(13)15-10-19(22(27)28)20(23-11-15)24-17-3-2-8-29-12-17/h4-5,9-11,16-17H,2-3,6-8,12H2,1H3,(H,23,24)(H,25,26)(H,27,28). The number of hydrogen-bond acceptors (Lipinski definition) is 5. The number of nitrogens with one attached hydrogen (secondary N) is 2. The fraction of sp³-hybridized carbons (Fsp3) is 0.409. The summed E-state index contributed by atoms with van der Waals surface area (Å²) in [7, 11) is 0. The number of carboxylic acids is 1. The van der Waals surface area contributed by atoms with Gasteiger partial charge >= 0.3 is 5.97 Å². The third kappa shape index (κ3) is 4.56. The van der Waals surface area contributed by atoms with Crippen LogP contribution >= 0.6 is 0 Å². The average molecular weight is 395 g/mol. The fourth-order valence-electron chi connectivity index (χ4n) is 3.51. The van der Waals surface area contributed by atoms with E-state index in [2.05, 4.69) is 15.6 Å². The van der Waals surface area contributed by atoms with Crippen molar-refractivity contribution in [1.29, 1.82) is 0 Å². The lowest BCUT2D eigenvalue weighted by Gasteiger charge is -2.24. The number of rotatable bonds is 6. The number of amides is 1. The molecule has 1 saturated carbocycles. The third-order valence-corrected chi connectivity index (χ3v) is 5.34. The van der Waals surface area contributed by atoms with Gasteiger partial charge < -0.3 is 20.5 Å². The number of carboxylic acid groups (broad SMARTS) is 1. The second-order valence-electron chi connectivity index (χ2n) is 7.76. The van der Waals surface area contributed by atoms with Crippen LogP contribution in [0.15, 0.2) is 30.5 Å². The lowest BCUT2D eigenvalue weighted by atomic mass is 9.97. The van der Waals surface area contributed by atoms with Crippen LogP contribution in [0, 0.1) is 6.92 Å². The second kappa shape index (κ2) is 8.21. The van der Waals surface area contributed by atoms with E-state index >= 15 is 0 Å². The first-order chi connectivity index (χ1) is 14.0. The molecule has 1 aromatic carbocycles.